The summed E-state index contributed by atoms with van der Waals surface area (Å²) in [5, 5.41) is 21.6. The van der Waals surface area contributed by atoms with Crippen molar-refractivity contribution in [1.82, 2.24) is 0 Å². The van der Waals surface area contributed by atoms with Gasteiger partial charge in [0.25, 0.3) is 0 Å². The fourth-order valence-corrected chi connectivity index (χ4v) is 9.08. The molecule has 0 radical (unpaired) electrons. The molecule has 0 spiro atoms. The van der Waals surface area contributed by atoms with E-state index in [1.165, 1.54) is 31.8 Å². The third-order valence-electron chi connectivity index (χ3n) is 10.7. The number of hydrogen-bond acceptors (Lipinski definition) is 3. The summed E-state index contributed by atoms with van der Waals surface area (Å²) in [7, 11) is 0. The average Bonchev–Trinajstić information content (AvgIpc) is 3.06. The summed E-state index contributed by atoms with van der Waals surface area (Å²) in [6.07, 6.45) is 12.8. The van der Waals surface area contributed by atoms with E-state index in [9.17, 15) is 15.0 Å². The summed E-state index contributed by atoms with van der Waals surface area (Å²) < 4.78 is 0. The third kappa shape index (κ3) is 3.62. The van der Waals surface area contributed by atoms with Crippen LogP contribution in [-0.4, -0.2) is 28.2 Å². The zero-order valence-corrected chi connectivity index (χ0v) is 19.5. The number of carbonyl (C=O) groups is 1. The molecule has 0 unspecified atom stereocenters. The summed E-state index contributed by atoms with van der Waals surface area (Å²) in [5.41, 5.74) is 0.639. The number of carbonyl (C=O) groups excluding carboxylic acids is 1. The van der Waals surface area contributed by atoms with Crippen molar-refractivity contribution in [1.29, 1.82) is 0 Å². The zero-order chi connectivity index (χ0) is 21.7. The number of ketones is 1. The smallest absolute Gasteiger partial charge is 0.155 e. The molecule has 10 atom stereocenters. The van der Waals surface area contributed by atoms with Crippen molar-refractivity contribution in [2.75, 3.05) is 0 Å². The Balaban J connectivity index is 1.49. The Morgan fingerprint density at radius 1 is 1.07 bits per heavy atom. The number of aliphatic hydroxyl groups excluding tert-OH is 2. The van der Waals surface area contributed by atoms with Gasteiger partial charge in [-0.3, -0.25) is 4.79 Å². The number of rotatable bonds is 6. The molecule has 170 valence electrons. The highest BCUT2D eigenvalue weighted by atomic mass is 16.3. The van der Waals surface area contributed by atoms with Crippen LogP contribution in [-0.2, 0) is 4.79 Å². The average molecular weight is 417 g/mol. The first-order valence-electron chi connectivity index (χ1n) is 12.7. The lowest BCUT2D eigenvalue weighted by molar-refractivity contribution is -0.174. The fraction of sp³-hybridized carbons (Fsp3) is 0.889. The second kappa shape index (κ2) is 8.35. The highest BCUT2D eigenvalue weighted by Gasteiger charge is 2.62. The van der Waals surface area contributed by atoms with Crippen LogP contribution in [0.3, 0.4) is 0 Å². The maximum atomic E-state index is 11.6. The molecular weight excluding hydrogens is 372 g/mol. The van der Waals surface area contributed by atoms with E-state index in [-0.39, 0.29) is 18.0 Å². The van der Waals surface area contributed by atoms with E-state index in [0.29, 0.717) is 52.8 Å². The first-order valence-corrected chi connectivity index (χ1v) is 12.7. The van der Waals surface area contributed by atoms with Crippen molar-refractivity contribution >= 4 is 5.78 Å². The molecule has 0 aromatic heterocycles. The van der Waals surface area contributed by atoms with Gasteiger partial charge in [0.1, 0.15) is 0 Å². The van der Waals surface area contributed by atoms with Gasteiger partial charge in [0.05, 0.1) is 12.2 Å². The standard InChI is InChI=1S/C27H44O3/c1-5-19(28)8-6-7-17(2)21-9-10-22-25-23(12-14-27(21,22)4)26(3)13-11-20(29)15-18(26)16-24(25)30/h5,17-18,20-25,29-30H,1,6-16H2,2-4H3/t17-,18+,20-,21-,22+,23+,24-,25+,26+,27-/m1/s1. The van der Waals surface area contributed by atoms with E-state index in [0.717, 1.165) is 38.5 Å². The minimum atomic E-state index is -0.192. The molecule has 4 rings (SSSR count). The molecule has 0 saturated heterocycles. The van der Waals surface area contributed by atoms with Crippen LogP contribution in [0.5, 0.6) is 0 Å². The van der Waals surface area contributed by atoms with Crippen LogP contribution < -0.4 is 0 Å². The molecule has 0 aromatic rings. The molecule has 3 heteroatoms. The lowest BCUT2D eigenvalue weighted by Gasteiger charge is -2.62. The molecule has 4 saturated carbocycles. The van der Waals surface area contributed by atoms with Gasteiger partial charge < -0.3 is 10.2 Å². The van der Waals surface area contributed by atoms with Crippen molar-refractivity contribution in [2.45, 2.75) is 104 Å². The van der Waals surface area contributed by atoms with Crippen LogP contribution in [0.2, 0.25) is 0 Å². The predicted octanol–water partition coefficient (Wildman–Crippen LogP) is 5.54. The van der Waals surface area contributed by atoms with E-state index in [1.54, 1.807) is 0 Å². The molecule has 4 aliphatic carbocycles. The highest BCUT2D eigenvalue weighted by molar-refractivity contribution is 5.88. The molecule has 0 heterocycles. The van der Waals surface area contributed by atoms with Crippen molar-refractivity contribution in [3.8, 4) is 0 Å². The molecular formula is C27H44O3. The third-order valence-corrected chi connectivity index (χ3v) is 10.7. The molecule has 3 nitrogen and oxygen atoms in total. The number of aliphatic hydroxyl groups is 2. The van der Waals surface area contributed by atoms with Gasteiger partial charge in [0.2, 0.25) is 0 Å². The van der Waals surface area contributed by atoms with Crippen molar-refractivity contribution < 1.29 is 15.0 Å². The molecule has 0 amide bonds. The van der Waals surface area contributed by atoms with Gasteiger partial charge in [0.15, 0.2) is 5.78 Å². The fourth-order valence-electron chi connectivity index (χ4n) is 9.08. The molecule has 30 heavy (non-hydrogen) atoms. The predicted molar refractivity (Wildman–Crippen MR) is 121 cm³/mol. The summed E-state index contributed by atoms with van der Waals surface area (Å²) >= 11 is 0. The van der Waals surface area contributed by atoms with Crippen LogP contribution in [0.25, 0.3) is 0 Å². The van der Waals surface area contributed by atoms with E-state index in [2.05, 4.69) is 27.4 Å². The summed E-state index contributed by atoms with van der Waals surface area (Å²) in [6, 6.07) is 0. The van der Waals surface area contributed by atoms with Crippen molar-refractivity contribution in [2.24, 2.45) is 46.3 Å². The Morgan fingerprint density at radius 2 is 1.77 bits per heavy atom. The Kier molecular flexibility index (Phi) is 6.27. The van der Waals surface area contributed by atoms with Crippen molar-refractivity contribution in [3.05, 3.63) is 12.7 Å². The minimum absolute atomic E-state index is 0.162. The molecule has 2 N–H and O–H groups in total. The second-order valence-electron chi connectivity index (χ2n) is 12.0. The normalized spacial score (nSPS) is 48.9. The van der Waals surface area contributed by atoms with Gasteiger partial charge in [-0.05, 0) is 117 Å². The molecule has 4 fully saturated rings. The van der Waals surface area contributed by atoms with Gasteiger partial charge in [-0.2, -0.15) is 0 Å². The first kappa shape index (κ1) is 22.5. The molecule has 0 bridgehead atoms. The SMILES string of the molecule is C=CC(=O)CCC[C@@H](C)[C@H]1CC[C@H]2[C@@H]3[C@H](O)C[C@@H]4C[C@H](O)CC[C@]4(C)[C@H]3CC[C@]12C. The van der Waals surface area contributed by atoms with E-state index < -0.39 is 0 Å². The van der Waals surface area contributed by atoms with Gasteiger partial charge >= 0.3 is 0 Å². The Morgan fingerprint density at radius 3 is 2.50 bits per heavy atom. The lowest BCUT2D eigenvalue weighted by atomic mass is 9.43. The molecule has 0 aliphatic heterocycles. The van der Waals surface area contributed by atoms with Crippen LogP contribution >= 0.6 is 0 Å². The maximum absolute atomic E-state index is 11.6. The quantitative estimate of drug-likeness (QED) is 0.559. The van der Waals surface area contributed by atoms with Crippen LogP contribution in [0, 0.1) is 46.3 Å². The maximum Gasteiger partial charge on any atom is 0.155 e. The van der Waals surface area contributed by atoms with Crippen LogP contribution in [0.1, 0.15) is 91.4 Å². The van der Waals surface area contributed by atoms with Gasteiger partial charge in [-0.15, -0.1) is 0 Å². The first-order chi connectivity index (χ1) is 14.2. The van der Waals surface area contributed by atoms with Gasteiger partial charge in [-0.25, -0.2) is 0 Å². The zero-order valence-electron chi connectivity index (χ0n) is 19.5. The van der Waals surface area contributed by atoms with E-state index in [4.69, 9.17) is 0 Å². The van der Waals surface area contributed by atoms with Gasteiger partial charge in [0, 0.05) is 6.42 Å². The summed E-state index contributed by atoms with van der Waals surface area (Å²) in [6.45, 7) is 11.0. The van der Waals surface area contributed by atoms with Crippen LogP contribution in [0.4, 0.5) is 0 Å². The Hall–Kier alpha value is -0.670. The Labute approximate surface area is 183 Å². The monoisotopic (exact) mass is 416 g/mol. The lowest BCUT2D eigenvalue weighted by Crippen LogP contribution is -2.58. The van der Waals surface area contributed by atoms with Crippen molar-refractivity contribution in [3.63, 3.8) is 0 Å². The number of allylic oxidation sites excluding steroid dienone is 1. The minimum Gasteiger partial charge on any atom is -0.393 e. The topological polar surface area (TPSA) is 57.5 Å². The summed E-state index contributed by atoms with van der Waals surface area (Å²) in [4.78, 5) is 11.6. The van der Waals surface area contributed by atoms with E-state index in [1.807, 2.05) is 0 Å². The number of fused-ring (bicyclic) bond motifs is 5. The van der Waals surface area contributed by atoms with Gasteiger partial charge in [-0.1, -0.05) is 27.4 Å². The number of hydrogen-bond donors (Lipinski definition) is 2. The largest absolute Gasteiger partial charge is 0.393 e. The summed E-state index contributed by atoms with van der Waals surface area (Å²) in [5.74, 6) is 3.72. The second-order valence-corrected chi connectivity index (χ2v) is 12.0. The molecule has 4 aliphatic rings. The van der Waals surface area contributed by atoms with Crippen LogP contribution in [0.15, 0.2) is 12.7 Å². The van der Waals surface area contributed by atoms with E-state index >= 15 is 0 Å². The Bertz CT molecular complexity index is 658. The highest BCUT2D eigenvalue weighted by Crippen LogP contribution is 2.68. The molecule has 0 aromatic carbocycles.